The van der Waals surface area contributed by atoms with Crippen molar-refractivity contribution < 1.29 is 4.74 Å². The van der Waals surface area contributed by atoms with Crippen molar-refractivity contribution in [1.82, 2.24) is 10.3 Å². The summed E-state index contributed by atoms with van der Waals surface area (Å²) in [6.07, 6.45) is 2.75. The summed E-state index contributed by atoms with van der Waals surface area (Å²) in [6, 6.07) is 0. The summed E-state index contributed by atoms with van der Waals surface area (Å²) in [7, 11) is 2.13. The van der Waals surface area contributed by atoms with E-state index in [2.05, 4.69) is 38.0 Å². The highest BCUT2D eigenvalue weighted by Gasteiger charge is 2.21. The average Bonchev–Trinajstić information content (AvgIpc) is 3.04. The fraction of sp³-hybridized carbons (Fsp3) is 0.800. The number of nitrogens with zero attached hydrogens (tertiary/aromatic N) is 2. The van der Waals surface area contributed by atoms with E-state index in [0.717, 1.165) is 31.4 Å². The van der Waals surface area contributed by atoms with Gasteiger partial charge in [0.15, 0.2) is 5.13 Å². The molecule has 0 saturated carbocycles. The zero-order valence-electron chi connectivity index (χ0n) is 13.1. The molecule has 114 valence electrons. The summed E-state index contributed by atoms with van der Waals surface area (Å²) >= 11 is 1.82. The molecule has 0 aromatic carbocycles. The van der Waals surface area contributed by atoms with Crippen molar-refractivity contribution in [2.75, 3.05) is 31.6 Å². The Bertz CT molecular complexity index is 413. The van der Waals surface area contributed by atoms with Crippen LogP contribution in [0, 0.1) is 0 Å². The number of thiazole rings is 1. The van der Waals surface area contributed by atoms with Gasteiger partial charge < -0.3 is 15.0 Å². The molecule has 0 amide bonds. The molecule has 5 heteroatoms. The third-order valence-corrected chi connectivity index (χ3v) is 4.81. The Labute approximate surface area is 126 Å². The van der Waals surface area contributed by atoms with Gasteiger partial charge in [-0.25, -0.2) is 4.98 Å². The first-order valence-corrected chi connectivity index (χ1v) is 8.46. The molecule has 2 heterocycles. The zero-order valence-corrected chi connectivity index (χ0v) is 13.9. The van der Waals surface area contributed by atoms with E-state index in [1.807, 2.05) is 11.3 Å². The SMILES string of the molecule is CCNCc1sc(N(C)CC2CCCO2)nc1C(C)C. The quantitative estimate of drug-likeness (QED) is 0.839. The van der Waals surface area contributed by atoms with E-state index < -0.39 is 0 Å². The third-order valence-electron chi connectivity index (χ3n) is 3.63. The summed E-state index contributed by atoms with van der Waals surface area (Å²) in [5.41, 5.74) is 1.24. The van der Waals surface area contributed by atoms with Gasteiger partial charge in [0.25, 0.3) is 0 Å². The molecule has 1 aliphatic heterocycles. The number of nitrogens with one attached hydrogen (secondary N) is 1. The molecule has 0 aliphatic carbocycles. The summed E-state index contributed by atoms with van der Waals surface area (Å²) < 4.78 is 5.72. The molecule has 0 bridgehead atoms. The van der Waals surface area contributed by atoms with E-state index in [9.17, 15) is 0 Å². The molecule has 1 fully saturated rings. The van der Waals surface area contributed by atoms with Gasteiger partial charge in [0.2, 0.25) is 0 Å². The van der Waals surface area contributed by atoms with E-state index in [4.69, 9.17) is 9.72 Å². The molecule has 1 aromatic heterocycles. The standard InChI is InChI=1S/C15H27N3OS/c1-5-16-9-13-14(11(2)3)17-15(20-13)18(4)10-12-7-6-8-19-12/h11-12,16H,5-10H2,1-4H3. The van der Waals surface area contributed by atoms with Gasteiger partial charge in [-0.3, -0.25) is 0 Å². The molecule has 1 unspecified atom stereocenters. The van der Waals surface area contributed by atoms with Gasteiger partial charge in [-0.05, 0) is 25.3 Å². The lowest BCUT2D eigenvalue weighted by molar-refractivity contribution is 0.116. The Morgan fingerprint density at radius 2 is 2.30 bits per heavy atom. The van der Waals surface area contributed by atoms with Gasteiger partial charge in [0.05, 0.1) is 11.8 Å². The fourth-order valence-electron chi connectivity index (χ4n) is 2.50. The van der Waals surface area contributed by atoms with Gasteiger partial charge in [-0.2, -0.15) is 0 Å². The van der Waals surface area contributed by atoms with Crippen LogP contribution >= 0.6 is 11.3 Å². The van der Waals surface area contributed by atoms with Gasteiger partial charge in [-0.15, -0.1) is 11.3 Å². The highest BCUT2D eigenvalue weighted by atomic mass is 32.1. The molecule has 0 radical (unpaired) electrons. The molecular formula is C15H27N3OS. The van der Waals surface area contributed by atoms with E-state index in [1.165, 1.54) is 23.4 Å². The van der Waals surface area contributed by atoms with Crippen LogP contribution < -0.4 is 10.2 Å². The first kappa shape index (κ1) is 15.7. The summed E-state index contributed by atoms with van der Waals surface area (Å²) in [5.74, 6) is 0.477. The summed E-state index contributed by atoms with van der Waals surface area (Å²) in [5, 5.41) is 4.53. The Morgan fingerprint density at radius 1 is 1.50 bits per heavy atom. The number of aromatic nitrogens is 1. The molecule has 1 saturated heterocycles. The molecule has 0 spiro atoms. The highest BCUT2D eigenvalue weighted by Crippen LogP contribution is 2.30. The Morgan fingerprint density at radius 3 is 2.90 bits per heavy atom. The Balaban J connectivity index is 2.05. The van der Waals surface area contributed by atoms with E-state index >= 15 is 0 Å². The molecule has 4 nitrogen and oxygen atoms in total. The smallest absolute Gasteiger partial charge is 0.185 e. The monoisotopic (exact) mass is 297 g/mol. The van der Waals surface area contributed by atoms with Crippen LogP contribution in [0.15, 0.2) is 0 Å². The lowest BCUT2D eigenvalue weighted by Gasteiger charge is -2.19. The second kappa shape index (κ2) is 7.38. The molecule has 1 aromatic rings. The molecule has 1 aliphatic rings. The van der Waals surface area contributed by atoms with Crippen LogP contribution in [-0.4, -0.2) is 37.8 Å². The normalized spacial score (nSPS) is 18.9. The van der Waals surface area contributed by atoms with Crippen molar-refractivity contribution in [2.24, 2.45) is 0 Å². The van der Waals surface area contributed by atoms with E-state index in [-0.39, 0.29) is 0 Å². The number of rotatable bonds is 7. The maximum absolute atomic E-state index is 5.72. The van der Waals surface area contributed by atoms with Crippen LogP contribution in [0.5, 0.6) is 0 Å². The van der Waals surface area contributed by atoms with Crippen molar-refractivity contribution in [1.29, 1.82) is 0 Å². The highest BCUT2D eigenvalue weighted by molar-refractivity contribution is 7.15. The van der Waals surface area contributed by atoms with Gasteiger partial charge >= 0.3 is 0 Å². The number of anilines is 1. The van der Waals surface area contributed by atoms with E-state index in [0.29, 0.717) is 12.0 Å². The second-order valence-corrected chi connectivity index (χ2v) is 6.82. The zero-order chi connectivity index (χ0) is 14.5. The number of likely N-dealkylation sites (N-methyl/N-ethyl adjacent to an activating group) is 1. The maximum atomic E-state index is 5.72. The third kappa shape index (κ3) is 3.93. The first-order valence-electron chi connectivity index (χ1n) is 7.64. The fourth-order valence-corrected chi connectivity index (χ4v) is 3.66. The average molecular weight is 297 g/mol. The first-order chi connectivity index (χ1) is 9.61. The van der Waals surface area contributed by atoms with Gasteiger partial charge in [0.1, 0.15) is 0 Å². The second-order valence-electron chi connectivity index (χ2n) is 5.76. The summed E-state index contributed by atoms with van der Waals surface area (Å²) in [4.78, 5) is 8.48. The topological polar surface area (TPSA) is 37.4 Å². The lowest BCUT2D eigenvalue weighted by atomic mass is 10.1. The largest absolute Gasteiger partial charge is 0.376 e. The van der Waals surface area contributed by atoms with Crippen molar-refractivity contribution in [2.45, 2.75) is 52.2 Å². The minimum absolute atomic E-state index is 0.378. The van der Waals surface area contributed by atoms with Crippen molar-refractivity contribution in [3.05, 3.63) is 10.6 Å². The predicted octanol–water partition coefficient (Wildman–Crippen LogP) is 2.99. The van der Waals surface area contributed by atoms with Crippen LogP contribution in [0.4, 0.5) is 5.13 Å². The van der Waals surface area contributed by atoms with Gasteiger partial charge in [-0.1, -0.05) is 20.8 Å². The Hall–Kier alpha value is -0.650. The van der Waals surface area contributed by atoms with Crippen molar-refractivity contribution in [3.8, 4) is 0 Å². The molecule has 1 N–H and O–H groups in total. The predicted molar refractivity (Wildman–Crippen MR) is 85.8 cm³/mol. The molecule has 2 rings (SSSR count). The Kier molecular flexibility index (Phi) is 5.81. The van der Waals surface area contributed by atoms with Crippen LogP contribution in [0.25, 0.3) is 0 Å². The molecule has 20 heavy (non-hydrogen) atoms. The van der Waals surface area contributed by atoms with Crippen LogP contribution in [-0.2, 0) is 11.3 Å². The maximum Gasteiger partial charge on any atom is 0.185 e. The van der Waals surface area contributed by atoms with Crippen LogP contribution in [0.3, 0.4) is 0 Å². The number of hydrogen-bond donors (Lipinski definition) is 1. The number of hydrogen-bond acceptors (Lipinski definition) is 5. The van der Waals surface area contributed by atoms with Crippen LogP contribution in [0.1, 0.15) is 50.1 Å². The van der Waals surface area contributed by atoms with Crippen LogP contribution in [0.2, 0.25) is 0 Å². The summed E-state index contributed by atoms with van der Waals surface area (Å²) in [6.45, 7) is 10.4. The minimum atomic E-state index is 0.378. The molecule has 1 atom stereocenters. The van der Waals surface area contributed by atoms with Crippen molar-refractivity contribution >= 4 is 16.5 Å². The lowest BCUT2D eigenvalue weighted by Crippen LogP contribution is -2.28. The minimum Gasteiger partial charge on any atom is -0.376 e. The molecular weight excluding hydrogens is 270 g/mol. The van der Waals surface area contributed by atoms with Gasteiger partial charge in [0, 0.05) is 31.6 Å². The van der Waals surface area contributed by atoms with E-state index in [1.54, 1.807) is 0 Å². The van der Waals surface area contributed by atoms with Crippen molar-refractivity contribution in [3.63, 3.8) is 0 Å². The number of ether oxygens (including phenoxy) is 1.